The molecule has 214 valence electrons. The number of thiocarbonyl (C=S) groups is 1. The number of nitrogens with one attached hydrogen (secondary N) is 3. The van der Waals surface area contributed by atoms with Crippen molar-refractivity contribution in [3.8, 4) is 11.6 Å². The number of hydrogen-bond acceptors (Lipinski definition) is 7. The Balaban J connectivity index is 1.10. The van der Waals surface area contributed by atoms with E-state index in [1.54, 1.807) is 11.0 Å². The fraction of sp³-hybridized carbons (Fsp3) is 0.345. The van der Waals surface area contributed by atoms with Crippen LogP contribution in [0.15, 0.2) is 60.9 Å². The number of halogens is 1. The minimum Gasteiger partial charge on any atom is -0.436 e. The second-order valence-electron chi connectivity index (χ2n) is 10.2. The van der Waals surface area contributed by atoms with Crippen molar-refractivity contribution in [1.82, 2.24) is 25.1 Å². The second-order valence-corrected chi connectivity index (χ2v) is 10.6. The van der Waals surface area contributed by atoms with Gasteiger partial charge in [-0.2, -0.15) is 0 Å². The molecule has 3 N–H and O–H groups in total. The van der Waals surface area contributed by atoms with E-state index in [1.807, 2.05) is 30.3 Å². The molecule has 0 spiro atoms. The SMILES string of the molecule is O=C(Cc1ccccc1)NC(=S)Nc1ccc(Oc2cc(NC(=O)N3CCC(CN4CCC4)CC3)ncn2)c(F)c1. The molecular weight excluding hydrogens is 545 g/mol. The molecule has 2 fully saturated rings. The largest absolute Gasteiger partial charge is 0.436 e. The van der Waals surface area contributed by atoms with Crippen LogP contribution < -0.4 is 20.7 Å². The Bertz CT molecular complexity index is 1380. The molecule has 41 heavy (non-hydrogen) atoms. The summed E-state index contributed by atoms with van der Waals surface area (Å²) in [4.78, 5) is 37.4. The first-order valence-electron chi connectivity index (χ1n) is 13.6. The summed E-state index contributed by atoms with van der Waals surface area (Å²) >= 11 is 5.18. The quantitative estimate of drug-likeness (QED) is 0.338. The lowest BCUT2D eigenvalue weighted by Gasteiger charge is -2.38. The van der Waals surface area contributed by atoms with E-state index < -0.39 is 5.82 Å². The molecule has 2 aromatic carbocycles. The van der Waals surface area contributed by atoms with Crippen LogP contribution in [0.4, 0.5) is 20.7 Å². The molecule has 3 amide bonds. The van der Waals surface area contributed by atoms with Gasteiger partial charge in [0, 0.05) is 37.5 Å². The highest BCUT2D eigenvalue weighted by molar-refractivity contribution is 7.80. The molecule has 0 atom stereocenters. The Hall–Kier alpha value is -4.16. The average molecular weight is 578 g/mol. The van der Waals surface area contributed by atoms with Crippen LogP contribution in [0.5, 0.6) is 11.6 Å². The number of anilines is 2. The molecule has 0 bridgehead atoms. The lowest BCUT2D eigenvalue weighted by molar-refractivity contribution is -0.119. The number of benzene rings is 2. The average Bonchev–Trinajstić information content (AvgIpc) is 2.93. The van der Waals surface area contributed by atoms with E-state index in [-0.39, 0.29) is 40.9 Å². The number of amides is 3. The highest BCUT2D eigenvalue weighted by Gasteiger charge is 2.26. The fourth-order valence-electron chi connectivity index (χ4n) is 4.79. The minimum absolute atomic E-state index is 0.0514. The standard InChI is InChI=1S/C29H32FN7O3S/c30-23-16-22(33-28(41)35-26(38)15-20-5-2-1-3-6-20)7-8-24(23)40-27-17-25(31-19-32-27)34-29(39)37-13-9-21(10-14-37)18-36-11-4-12-36/h1-3,5-8,16-17,19,21H,4,9-15,18H2,(H,31,32,34,39)(H2,33,35,38,41). The normalized spacial score (nSPS) is 15.5. The van der Waals surface area contributed by atoms with Gasteiger partial charge in [-0.25, -0.2) is 19.2 Å². The van der Waals surface area contributed by atoms with Crippen LogP contribution in [0, 0.1) is 11.7 Å². The van der Waals surface area contributed by atoms with Gasteiger partial charge in [0.05, 0.1) is 6.42 Å². The van der Waals surface area contributed by atoms with Gasteiger partial charge in [-0.1, -0.05) is 30.3 Å². The molecule has 2 aliphatic rings. The Kier molecular flexibility index (Phi) is 9.32. The highest BCUT2D eigenvalue weighted by atomic mass is 32.1. The number of nitrogens with zero attached hydrogens (tertiary/aromatic N) is 4. The molecule has 5 rings (SSSR count). The van der Waals surface area contributed by atoms with Crippen molar-refractivity contribution >= 4 is 40.8 Å². The zero-order valence-electron chi connectivity index (χ0n) is 22.5. The summed E-state index contributed by atoms with van der Waals surface area (Å²) in [7, 11) is 0. The zero-order valence-corrected chi connectivity index (χ0v) is 23.3. The Morgan fingerprint density at radius 2 is 1.78 bits per heavy atom. The predicted octanol–water partition coefficient (Wildman–Crippen LogP) is 4.41. The summed E-state index contributed by atoms with van der Waals surface area (Å²) in [6.07, 6.45) is 4.66. The van der Waals surface area contributed by atoms with Crippen LogP contribution in [-0.4, -0.2) is 69.5 Å². The van der Waals surface area contributed by atoms with Crippen molar-refractivity contribution in [1.29, 1.82) is 0 Å². The summed E-state index contributed by atoms with van der Waals surface area (Å²) in [5.74, 6) is -0.0605. The van der Waals surface area contributed by atoms with Gasteiger partial charge in [0.1, 0.15) is 12.1 Å². The molecule has 0 saturated carbocycles. The summed E-state index contributed by atoms with van der Waals surface area (Å²) in [5, 5.41) is 8.21. The molecular formula is C29H32FN7O3S. The number of hydrogen-bond donors (Lipinski definition) is 3. The van der Waals surface area contributed by atoms with Crippen molar-refractivity contribution in [3.05, 3.63) is 72.3 Å². The van der Waals surface area contributed by atoms with Crippen LogP contribution in [0.2, 0.25) is 0 Å². The summed E-state index contributed by atoms with van der Waals surface area (Å²) in [5.41, 5.74) is 1.19. The van der Waals surface area contributed by atoms with E-state index in [0.29, 0.717) is 24.7 Å². The fourth-order valence-corrected chi connectivity index (χ4v) is 5.02. The molecule has 1 aromatic heterocycles. The Morgan fingerprint density at radius 3 is 2.49 bits per heavy atom. The maximum atomic E-state index is 14.8. The number of piperidine rings is 1. The van der Waals surface area contributed by atoms with Gasteiger partial charge < -0.3 is 25.2 Å². The van der Waals surface area contributed by atoms with Gasteiger partial charge in [-0.05, 0) is 68.2 Å². The maximum Gasteiger partial charge on any atom is 0.323 e. The molecule has 12 heteroatoms. The van der Waals surface area contributed by atoms with Crippen LogP contribution in [0.1, 0.15) is 24.8 Å². The summed E-state index contributed by atoms with van der Waals surface area (Å²) in [6, 6.07) is 14.6. The molecule has 3 aromatic rings. The van der Waals surface area contributed by atoms with Crippen molar-refractivity contribution in [2.75, 3.05) is 43.4 Å². The van der Waals surface area contributed by atoms with E-state index in [4.69, 9.17) is 17.0 Å². The third-order valence-corrected chi connectivity index (χ3v) is 7.31. The van der Waals surface area contributed by atoms with E-state index in [2.05, 4.69) is 30.8 Å². The number of urea groups is 1. The third-order valence-electron chi connectivity index (χ3n) is 7.11. The van der Waals surface area contributed by atoms with Gasteiger partial charge in [-0.3, -0.25) is 10.1 Å². The van der Waals surface area contributed by atoms with E-state index in [0.717, 1.165) is 24.9 Å². The van der Waals surface area contributed by atoms with Gasteiger partial charge >= 0.3 is 6.03 Å². The van der Waals surface area contributed by atoms with Crippen LogP contribution in [0.3, 0.4) is 0 Å². The van der Waals surface area contributed by atoms with E-state index >= 15 is 0 Å². The molecule has 0 aliphatic carbocycles. The summed E-state index contributed by atoms with van der Waals surface area (Å²) < 4.78 is 20.4. The van der Waals surface area contributed by atoms with Gasteiger partial charge in [0.25, 0.3) is 0 Å². The second kappa shape index (κ2) is 13.5. The zero-order chi connectivity index (χ0) is 28.6. The number of aromatic nitrogens is 2. The first-order chi connectivity index (χ1) is 19.9. The number of carbonyl (C=O) groups excluding carboxylic acids is 2. The van der Waals surface area contributed by atoms with Gasteiger partial charge in [-0.15, -0.1) is 0 Å². The molecule has 10 nitrogen and oxygen atoms in total. The van der Waals surface area contributed by atoms with Crippen molar-refractivity contribution in [3.63, 3.8) is 0 Å². The van der Waals surface area contributed by atoms with E-state index in [9.17, 15) is 14.0 Å². The van der Waals surface area contributed by atoms with Crippen molar-refractivity contribution in [2.45, 2.75) is 25.7 Å². The van der Waals surface area contributed by atoms with Crippen LogP contribution in [0.25, 0.3) is 0 Å². The van der Waals surface area contributed by atoms with Gasteiger partial charge in [0.2, 0.25) is 11.8 Å². The minimum atomic E-state index is -0.668. The summed E-state index contributed by atoms with van der Waals surface area (Å²) in [6.45, 7) is 4.89. The van der Waals surface area contributed by atoms with Crippen molar-refractivity contribution in [2.24, 2.45) is 5.92 Å². The number of carbonyl (C=O) groups is 2. The molecule has 0 radical (unpaired) electrons. The predicted molar refractivity (Wildman–Crippen MR) is 157 cm³/mol. The highest BCUT2D eigenvalue weighted by Crippen LogP contribution is 2.27. The molecule has 2 saturated heterocycles. The Morgan fingerprint density at radius 1 is 1.00 bits per heavy atom. The molecule has 3 heterocycles. The monoisotopic (exact) mass is 577 g/mol. The number of likely N-dealkylation sites (tertiary alicyclic amines) is 2. The number of rotatable bonds is 8. The Labute approximate surface area is 243 Å². The van der Waals surface area contributed by atoms with Gasteiger partial charge in [0.15, 0.2) is 16.7 Å². The first-order valence-corrected chi connectivity index (χ1v) is 14.0. The number of ether oxygens (including phenoxy) is 1. The van der Waals surface area contributed by atoms with E-state index in [1.165, 1.54) is 44.0 Å². The smallest absolute Gasteiger partial charge is 0.323 e. The lowest BCUT2D eigenvalue weighted by atomic mass is 9.95. The first kappa shape index (κ1) is 28.4. The van der Waals surface area contributed by atoms with Crippen molar-refractivity contribution < 1.29 is 18.7 Å². The third kappa shape index (κ3) is 8.18. The lowest BCUT2D eigenvalue weighted by Crippen LogP contribution is -2.46. The van der Waals surface area contributed by atoms with Crippen LogP contribution in [-0.2, 0) is 11.2 Å². The van der Waals surface area contributed by atoms with Crippen LogP contribution >= 0.6 is 12.2 Å². The molecule has 0 unspecified atom stereocenters. The maximum absolute atomic E-state index is 14.8. The molecule has 2 aliphatic heterocycles. The topological polar surface area (TPSA) is 112 Å².